The number of carboxylic acids is 2. The first kappa shape index (κ1) is 29.9. The van der Waals surface area contributed by atoms with Crippen LogP contribution in [0.5, 0.6) is 0 Å². The van der Waals surface area contributed by atoms with Crippen LogP contribution < -0.4 is 21.7 Å². The number of hydrogen-bond donors (Lipinski definition) is 7. The van der Waals surface area contributed by atoms with Crippen LogP contribution in [-0.4, -0.2) is 93.3 Å². The number of aliphatic carboxylic acids is 2. The lowest BCUT2D eigenvalue weighted by Crippen LogP contribution is -2.39. The predicted octanol–water partition coefficient (Wildman–Crippen LogP) is -1.02. The lowest BCUT2D eigenvalue weighted by atomic mass is 10.1. The number of benzene rings is 1. The minimum absolute atomic E-state index is 0.268. The van der Waals surface area contributed by atoms with E-state index in [0.29, 0.717) is 12.5 Å². The highest BCUT2D eigenvalue weighted by Gasteiger charge is 2.29. The number of aliphatic imine (C=N–C) groups is 1. The fraction of sp³-hybridized carbons (Fsp3) is 0.391. The highest BCUT2D eigenvalue weighted by atomic mass is 16.5. The molecular weight excluding hydrogens is 502 g/mol. The smallest absolute Gasteiger partial charge is 0.344 e. The van der Waals surface area contributed by atoms with Gasteiger partial charge in [0.1, 0.15) is 0 Å². The van der Waals surface area contributed by atoms with Gasteiger partial charge in [-0.2, -0.15) is 4.99 Å². The second-order valence-electron chi connectivity index (χ2n) is 8.29. The van der Waals surface area contributed by atoms with Gasteiger partial charge in [-0.1, -0.05) is 18.2 Å². The summed E-state index contributed by atoms with van der Waals surface area (Å²) in [4.78, 5) is 45.7. The fourth-order valence-corrected chi connectivity index (χ4v) is 3.49. The number of carbonyl (C=O) groups excluding carboxylic acids is 1. The summed E-state index contributed by atoms with van der Waals surface area (Å²) in [7, 11) is 1.73. The van der Waals surface area contributed by atoms with Crippen LogP contribution in [0.4, 0.5) is 10.7 Å². The Morgan fingerprint density at radius 3 is 2.32 bits per heavy atom. The first-order valence-electron chi connectivity index (χ1n) is 11.4. The zero-order valence-corrected chi connectivity index (χ0v) is 20.6. The summed E-state index contributed by atoms with van der Waals surface area (Å²) in [6.45, 7) is 2.94. The van der Waals surface area contributed by atoms with Crippen molar-refractivity contribution in [3.63, 3.8) is 0 Å². The number of guanidine groups is 1. The SMILES string of the molecule is COCC1CCN(c2ncc(-c3cccc(CNC(=O)N=C(N)N)c3)cn2)C1.O=C(O)[C@H](O)[C@@H](O)C(=O)O. The number of nitrogens with zero attached hydrogens (tertiary/aromatic N) is 4. The molecule has 1 aliphatic rings. The number of nitrogens with two attached hydrogens (primary N) is 2. The number of methoxy groups -OCH3 is 1. The standard InChI is InChI=1S/C19H25N7O2.C4H6O6/c1-28-12-14-5-6-26(11-14)18-22-9-16(10-23-18)15-4-2-3-13(7-15)8-24-19(27)25-17(20)21;5-1(3(7)8)2(6)4(9)10/h2-4,7,9-10,14H,5-6,8,11-12H2,1H3,(H5,20,21,24,25,27);1-2,5-6H,(H,7,8)(H,9,10)/t;1-,2-/m.1/s1. The second-order valence-corrected chi connectivity index (χ2v) is 8.29. The topological polar surface area (TPSA) is 247 Å². The van der Waals surface area contributed by atoms with E-state index in [1.54, 1.807) is 7.11 Å². The molecule has 2 amide bonds. The first-order chi connectivity index (χ1) is 18.0. The quantitative estimate of drug-likeness (QED) is 0.151. The summed E-state index contributed by atoms with van der Waals surface area (Å²) in [5.41, 5.74) is 13.2. The molecule has 2 heterocycles. The monoisotopic (exact) mass is 533 g/mol. The van der Waals surface area contributed by atoms with Gasteiger partial charge in [-0.15, -0.1) is 0 Å². The Morgan fingerprint density at radius 2 is 1.76 bits per heavy atom. The van der Waals surface area contributed by atoms with E-state index in [1.165, 1.54) is 0 Å². The number of amides is 2. The van der Waals surface area contributed by atoms with Crippen molar-refractivity contribution in [2.24, 2.45) is 22.4 Å². The number of aliphatic hydroxyl groups excluding tert-OH is 2. The Bertz CT molecular complexity index is 1110. The van der Waals surface area contributed by atoms with E-state index in [1.807, 2.05) is 36.7 Å². The van der Waals surface area contributed by atoms with Crippen LogP contribution in [0.1, 0.15) is 12.0 Å². The van der Waals surface area contributed by atoms with Gasteiger partial charge in [0, 0.05) is 50.6 Å². The number of nitrogens with one attached hydrogen (secondary N) is 1. The van der Waals surface area contributed by atoms with E-state index in [0.717, 1.165) is 48.8 Å². The van der Waals surface area contributed by atoms with Crippen molar-refractivity contribution < 1.29 is 39.5 Å². The Labute approximate surface area is 217 Å². The lowest BCUT2D eigenvalue weighted by molar-refractivity contribution is -0.165. The molecule has 1 aromatic carbocycles. The van der Waals surface area contributed by atoms with Crippen LogP contribution in [0.25, 0.3) is 11.1 Å². The molecule has 15 nitrogen and oxygen atoms in total. The van der Waals surface area contributed by atoms with Crippen molar-refractivity contribution in [1.82, 2.24) is 15.3 Å². The molecule has 1 aliphatic heterocycles. The number of hydrogen-bond acceptors (Lipinski definition) is 9. The summed E-state index contributed by atoms with van der Waals surface area (Å²) in [6, 6.07) is 7.20. The Balaban J connectivity index is 0.000000432. The van der Waals surface area contributed by atoms with E-state index in [2.05, 4.69) is 25.2 Å². The van der Waals surface area contributed by atoms with Crippen LogP contribution in [0, 0.1) is 5.92 Å². The van der Waals surface area contributed by atoms with Gasteiger partial charge in [0.2, 0.25) is 5.95 Å². The second kappa shape index (κ2) is 14.4. The van der Waals surface area contributed by atoms with E-state index >= 15 is 0 Å². The van der Waals surface area contributed by atoms with Crippen LogP contribution in [0.15, 0.2) is 41.7 Å². The molecule has 2 aromatic rings. The normalized spacial score (nSPS) is 16.0. The Kier molecular flexibility index (Phi) is 11.3. The highest BCUT2D eigenvalue weighted by Crippen LogP contribution is 2.23. The number of carbonyl (C=O) groups is 3. The number of aliphatic hydroxyl groups is 2. The van der Waals surface area contributed by atoms with Crippen molar-refractivity contribution in [2.45, 2.75) is 25.2 Å². The van der Waals surface area contributed by atoms with Crippen LogP contribution in [-0.2, 0) is 20.9 Å². The van der Waals surface area contributed by atoms with Gasteiger partial charge in [-0.05, 0) is 23.6 Å². The van der Waals surface area contributed by atoms with Crippen molar-refractivity contribution >= 4 is 29.9 Å². The molecule has 9 N–H and O–H groups in total. The lowest BCUT2D eigenvalue weighted by Gasteiger charge is -2.16. The average molecular weight is 534 g/mol. The molecule has 1 fully saturated rings. The minimum atomic E-state index is -2.27. The van der Waals surface area contributed by atoms with E-state index in [9.17, 15) is 14.4 Å². The maximum atomic E-state index is 11.5. The summed E-state index contributed by atoms with van der Waals surface area (Å²) in [5, 5.41) is 35.2. The molecule has 0 aliphatic carbocycles. The van der Waals surface area contributed by atoms with Crippen molar-refractivity contribution in [3.05, 3.63) is 42.2 Å². The average Bonchev–Trinajstić information content (AvgIpc) is 3.35. The molecule has 38 heavy (non-hydrogen) atoms. The largest absolute Gasteiger partial charge is 0.479 e. The summed E-state index contributed by atoms with van der Waals surface area (Å²) < 4.78 is 5.24. The molecule has 15 heteroatoms. The number of carboxylic acid groups (broad SMARTS) is 2. The van der Waals surface area contributed by atoms with Gasteiger partial charge in [0.15, 0.2) is 18.2 Å². The minimum Gasteiger partial charge on any atom is -0.479 e. The maximum absolute atomic E-state index is 11.5. The number of ether oxygens (including phenoxy) is 1. The fourth-order valence-electron chi connectivity index (χ4n) is 3.49. The molecule has 0 saturated carbocycles. The first-order valence-corrected chi connectivity index (χ1v) is 11.4. The molecule has 3 rings (SSSR count). The third-order valence-corrected chi connectivity index (χ3v) is 5.35. The molecule has 0 radical (unpaired) electrons. The number of urea groups is 1. The van der Waals surface area contributed by atoms with E-state index in [4.69, 9.17) is 36.6 Å². The van der Waals surface area contributed by atoms with Gasteiger partial charge >= 0.3 is 18.0 Å². The number of aromatic nitrogens is 2. The van der Waals surface area contributed by atoms with E-state index < -0.39 is 30.2 Å². The molecule has 3 atom stereocenters. The van der Waals surface area contributed by atoms with Gasteiger partial charge in [0.25, 0.3) is 0 Å². The van der Waals surface area contributed by atoms with Crippen molar-refractivity contribution in [2.75, 3.05) is 31.7 Å². The van der Waals surface area contributed by atoms with Crippen molar-refractivity contribution in [1.29, 1.82) is 0 Å². The summed E-state index contributed by atoms with van der Waals surface area (Å²) >= 11 is 0. The van der Waals surface area contributed by atoms with Gasteiger partial charge in [0.05, 0.1) is 6.61 Å². The zero-order chi connectivity index (χ0) is 28.2. The number of rotatable bonds is 9. The van der Waals surface area contributed by atoms with E-state index in [-0.39, 0.29) is 5.96 Å². The van der Waals surface area contributed by atoms with Gasteiger partial charge < -0.3 is 46.8 Å². The van der Waals surface area contributed by atoms with Crippen LogP contribution in [0.2, 0.25) is 0 Å². The summed E-state index contributed by atoms with van der Waals surface area (Å²) in [6.07, 6.45) is 0.202. The third-order valence-electron chi connectivity index (χ3n) is 5.35. The molecular formula is C23H31N7O8. The molecule has 206 valence electrons. The van der Waals surface area contributed by atoms with Crippen LogP contribution in [0.3, 0.4) is 0 Å². The van der Waals surface area contributed by atoms with Gasteiger partial charge in [-0.25, -0.2) is 24.4 Å². The maximum Gasteiger partial charge on any atom is 0.344 e. The van der Waals surface area contributed by atoms with Crippen LogP contribution >= 0.6 is 0 Å². The predicted molar refractivity (Wildman–Crippen MR) is 135 cm³/mol. The van der Waals surface area contributed by atoms with Gasteiger partial charge in [-0.3, -0.25) is 0 Å². The highest BCUT2D eigenvalue weighted by molar-refractivity contribution is 5.90. The Morgan fingerprint density at radius 1 is 1.13 bits per heavy atom. The molecule has 0 bridgehead atoms. The van der Waals surface area contributed by atoms with Crippen molar-refractivity contribution in [3.8, 4) is 11.1 Å². The third kappa shape index (κ3) is 9.27. The Hall–Kier alpha value is -4.34. The molecule has 0 spiro atoms. The molecule has 1 aromatic heterocycles. The zero-order valence-electron chi connectivity index (χ0n) is 20.6. The molecule has 1 unspecified atom stereocenters. The number of anilines is 1. The summed E-state index contributed by atoms with van der Waals surface area (Å²) in [5.74, 6) is -2.54. The molecule has 1 saturated heterocycles.